The lowest BCUT2D eigenvalue weighted by molar-refractivity contribution is -0.144. The first-order chi connectivity index (χ1) is 11.5. The van der Waals surface area contributed by atoms with Crippen LogP contribution in [0.2, 0.25) is 5.02 Å². The quantitative estimate of drug-likeness (QED) is 0.810. The van der Waals surface area contributed by atoms with Crippen molar-refractivity contribution in [1.29, 1.82) is 0 Å². The molecule has 2 aromatic carbocycles. The predicted molar refractivity (Wildman–Crippen MR) is 89.3 cm³/mol. The summed E-state index contributed by atoms with van der Waals surface area (Å²) in [6.07, 6.45) is 0.0381. The van der Waals surface area contributed by atoms with Gasteiger partial charge in [0.15, 0.2) is 0 Å². The molecule has 4 nitrogen and oxygen atoms in total. The SMILES string of the molecule is Cc1ccccc1C(=O)NCCC(=O)OCc1ccc(F)cc1Cl. The van der Waals surface area contributed by atoms with Gasteiger partial charge in [-0.2, -0.15) is 0 Å². The van der Waals surface area contributed by atoms with Gasteiger partial charge in [0.05, 0.1) is 11.4 Å². The van der Waals surface area contributed by atoms with Crippen molar-refractivity contribution in [3.63, 3.8) is 0 Å². The van der Waals surface area contributed by atoms with Gasteiger partial charge in [-0.1, -0.05) is 35.9 Å². The van der Waals surface area contributed by atoms with E-state index in [1.807, 2.05) is 19.1 Å². The van der Waals surface area contributed by atoms with Crippen LogP contribution in [0.3, 0.4) is 0 Å². The summed E-state index contributed by atoms with van der Waals surface area (Å²) in [7, 11) is 0. The Kier molecular flexibility index (Phi) is 6.32. The van der Waals surface area contributed by atoms with Gasteiger partial charge in [0, 0.05) is 17.7 Å². The van der Waals surface area contributed by atoms with Gasteiger partial charge in [0.25, 0.3) is 5.91 Å². The van der Waals surface area contributed by atoms with Crippen LogP contribution >= 0.6 is 11.6 Å². The molecular weight excluding hydrogens is 333 g/mol. The number of benzene rings is 2. The molecule has 0 heterocycles. The van der Waals surface area contributed by atoms with Crippen molar-refractivity contribution in [1.82, 2.24) is 5.32 Å². The molecule has 0 saturated carbocycles. The normalized spacial score (nSPS) is 10.3. The van der Waals surface area contributed by atoms with E-state index in [1.54, 1.807) is 12.1 Å². The number of hydrogen-bond acceptors (Lipinski definition) is 3. The summed E-state index contributed by atoms with van der Waals surface area (Å²) < 4.78 is 18.0. The Morgan fingerprint density at radius 2 is 1.96 bits per heavy atom. The number of rotatable bonds is 6. The molecule has 24 heavy (non-hydrogen) atoms. The summed E-state index contributed by atoms with van der Waals surface area (Å²) in [5.41, 5.74) is 1.96. The molecule has 2 aromatic rings. The predicted octanol–water partition coefficient (Wildman–Crippen LogP) is 3.65. The molecule has 0 aromatic heterocycles. The standard InChI is InChI=1S/C18H17ClFNO3/c1-12-4-2-3-5-15(12)18(23)21-9-8-17(22)24-11-13-6-7-14(20)10-16(13)19/h2-7,10H,8-9,11H2,1H3,(H,21,23). The third kappa shape index (κ3) is 5.06. The van der Waals surface area contributed by atoms with Gasteiger partial charge < -0.3 is 10.1 Å². The van der Waals surface area contributed by atoms with E-state index in [1.165, 1.54) is 12.1 Å². The number of aryl methyl sites for hydroxylation is 1. The van der Waals surface area contributed by atoms with E-state index in [2.05, 4.69) is 5.32 Å². The fourth-order valence-corrected chi connectivity index (χ4v) is 2.29. The number of carbonyl (C=O) groups excluding carboxylic acids is 2. The van der Waals surface area contributed by atoms with Crippen LogP contribution in [0, 0.1) is 12.7 Å². The first-order valence-electron chi connectivity index (χ1n) is 7.41. The van der Waals surface area contributed by atoms with Gasteiger partial charge in [0.1, 0.15) is 12.4 Å². The van der Waals surface area contributed by atoms with Gasteiger partial charge in [-0.05, 0) is 30.7 Å². The van der Waals surface area contributed by atoms with Gasteiger partial charge in [-0.3, -0.25) is 9.59 Å². The fourth-order valence-electron chi connectivity index (χ4n) is 2.07. The van der Waals surface area contributed by atoms with E-state index in [-0.39, 0.29) is 30.5 Å². The van der Waals surface area contributed by atoms with E-state index in [4.69, 9.17) is 16.3 Å². The summed E-state index contributed by atoms with van der Waals surface area (Å²) >= 11 is 5.85. The molecule has 0 saturated heterocycles. The molecule has 0 aliphatic heterocycles. The Morgan fingerprint density at radius 1 is 1.21 bits per heavy atom. The van der Waals surface area contributed by atoms with Crippen molar-refractivity contribution in [2.75, 3.05) is 6.54 Å². The number of esters is 1. The number of ether oxygens (including phenoxy) is 1. The van der Waals surface area contributed by atoms with Crippen LogP contribution in [-0.4, -0.2) is 18.4 Å². The summed E-state index contributed by atoms with van der Waals surface area (Å²) in [5, 5.41) is 2.88. The molecule has 1 amide bonds. The van der Waals surface area contributed by atoms with Gasteiger partial charge in [0.2, 0.25) is 0 Å². The zero-order chi connectivity index (χ0) is 17.5. The molecule has 0 fully saturated rings. The molecule has 2 rings (SSSR count). The molecule has 0 aliphatic rings. The molecule has 6 heteroatoms. The lowest BCUT2D eigenvalue weighted by Crippen LogP contribution is -2.27. The Bertz CT molecular complexity index is 749. The second-order valence-electron chi connectivity index (χ2n) is 5.22. The van der Waals surface area contributed by atoms with Crippen molar-refractivity contribution >= 4 is 23.5 Å². The van der Waals surface area contributed by atoms with Crippen LogP contribution < -0.4 is 5.32 Å². The third-order valence-electron chi connectivity index (χ3n) is 3.41. The average molecular weight is 350 g/mol. The van der Waals surface area contributed by atoms with E-state index in [0.717, 1.165) is 11.6 Å². The van der Waals surface area contributed by atoms with Crippen molar-refractivity contribution in [3.05, 3.63) is 70.0 Å². The van der Waals surface area contributed by atoms with Crippen molar-refractivity contribution in [2.45, 2.75) is 20.0 Å². The Hall–Kier alpha value is -2.40. The Balaban J connectivity index is 1.75. The number of nitrogens with one attached hydrogen (secondary N) is 1. The topological polar surface area (TPSA) is 55.4 Å². The zero-order valence-corrected chi connectivity index (χ0v) is 13.9. The lowest BCUT2D eigenvalue weighted by atomic mass is 10.1. The minimum Gasteiger partial charge on any atom is -0.461 e. The smallest absolute Gasteiger partial charge is 0.307 e. The molecule has 126 valence electrons. The Morgan fingerprint density at radius 3 is 2.67 bits per heavy atom. The number of carbonyl (C=O) groups is 2. The molecule has 0 spiro atoms. The van der Waals surface area contributed by atoms with Crippen molar-refractivity contribution in [2.24, 2.45) is 0 Å². The molecule has 0 aliphatic carbocycles. The van der Waals surface area contributed by atoms with E-state index >= 15 is 0 Å². The number of halogens is 2. The minimum absolute atomic E-state index is 0.0380. The van der Waals surface area contributed by atoms with E-state index in [9.17, 15) is 14.0 Å². The van der Waals surface area contributed by atoms with Crippen molar-refractivity contribution < 1.29 is 18.7 Å². The summed E-state index contributed by atoms with van der Waals surface area (Å²) in [6, 6.07) is 11.1. The summed E-state index contributed by atoms with van der Waals surface area (Å²) in [4.78, 5) is 23.7. The van der Waals surface area contributed by atoms with Crippen LogP contribution in [0.5, 0.6) is 0 Å². The molecule has 1 N–H and O–H groups in total. The maximum absolute atomic E-state index is 12.9. The molecule has 0 bridgehead atoms. The number of hydrogen-bond donors (Lipinski definition) is 1. The summed E-state index contributed by atoms with van der Waals surface area (Å²) in [6.45, 7) is 1.97. The minimum atomic E-state index is -0.472. The highest BCUT2D eigenvalue weighted by Gasteiger charge is 2.10. The molecule has 0 atom stereocenters. The molecular formula is C18H17ClFNO3. The highest BCUT2D eigenvalue weighted by molar-refractivity contribution is 6.31. The van der Waals surface area contributed by atoms with E-state index < -0.39 is 11.8 Å². The summed E-state index contributed by atoms with van der Waals surface area (Å²) in [5.74, 6) is -1.16. The third-order valence-corrected chi connectivity index (χ3v) is 3.76. The van der Waals surface area contributed by atoms with Crippen LogP contribution in [0.1, 0.15) is 27.9 Å². The lowest BCUT2D eigenvalue weighted by Gasteiger charge is -2.08. The molecule has 0 unspecified atom stereocenters. The first-order valence-corrected chi connectivity index (χ1v) is 7.78. The van der Waals surface area contributed by atoms with Crippen LogP contribution in [-0.2, 0) is 16.1 Å². The van der Waals surface area contributed by atoms with Gasteiger partial charge >= 0.3 is 5.97 Å². The maximum atomic E-state index is 12.9. The second kappa shape index (κ2) is 8.45. The second-order valence-corrected chi connectivity index (χ2v) is 5.62. The average Bonchev–Trinajstić information content (AvgIpc) is 2.54. The number of amides is 1. The molecule has 0 radical (unpaired) electrons. The van der Waals surface area contributed by atoms with Crippen LogP contribution in [0.15, 0.2) is 42.5 Å². The van der Waals surface area contributed by atoms with Gasteiger partial charge in [-0.15, -0.1) is 0 Å². The highest BCUT2D eigenvalue weighted by atomic mass is 35.5. The van der Waals surface area contributed by atoms with Crippen LogP contribution in [0.25, 0.3) is 0 Å². The first kappa shape index (κ1) is 17.9. The maximum Gasteiger partial charge on any atom is 0.307 e. The van der Waals surface area contributed by atoms with Gasteiger partial charge in [-0.25, -0.2) is 4.39 Å². The monoisotopic (exact) mass is 349 g/mol. The van der Waals surface area contributed by atoms with E-state index in [0.29, 0.717) is 11.1 Å². The fraction of sp³-hybridized carbons (Fsp3) is 0.222. The zero-order valence-electron chi connectivity index (χ0n) is 13.1. The highest BCUT2D eigenvalue weighted by Crippen LogP contribution is 2.18. The van der Waals surface area contributed by atoms with Crippen molar-refractivity contribution in [3.8, 4) is 0 Å². The van der Waals surface area contributed by atoms with Crippen LogP contribution in [0.4, 0.5) is 4.39 Å². The Labute approximate surface area is 144 Å². The largest absolute Gasteiger partial charge is 0.461 e.